The van der Waals surface area contributed by atoms with E-state index in [0.29, 0.717) is 0 Å². The van der Waals surface area contributed by atoms with E-state index in [-0.39, 0.29) is 6.04 Å². The van der Waals surface area contributed by atoms with Crippen molar-refractivity contribution in [3.63, 3.8) is 0 Å². The molecule has 2 rings (SSSR count). The van der Waals surface area contributed by atoms with E-state index in [1.165, 1.54) is 24.0 Å². The maximum Gasteiger partial charge on any atom is 0.292 e. The van der Waals surface area contributed by atoms with Gasteiger partial charge in [-0.05, 0) is 49.3 Å². The van der Waals surface area contributed by atoms with Crippen LogP contribution in [0.15, 0.2) is 18.2 Å². The lowest BCUT2D eigenvalue weighted by Gasteiger charge is -2.19. The highest BCUT2D eigenvalue weighted by Gasteiger charge is 2.16. The van der Waals surface area contributed by atoms with Gasteiger partial charge in [0.15, 0.2) is 0 Å². The van der Waals surface area contributed by atoms with Crippen LogP contribution >= 0.6 is 0 Å². The van der Waals surface area contributed by atoms with Gasteiger partial charge < -0.3 is 5.32 Å². The zero-order chi connectivity index (χ0) is 13.8. The molecule has 5 nitrogen and oxygen atoms in total. The SMILES string of the molecule is CC(NC(=O)C[N+](=O)[O-])c1ccc2c(c1)CCCC2. The largest absolute Gasteiger partial charge is 0.344 e. The Morgan fingerprint density at radius 2 is 2.05 bits per heavy atom. The number of fused-ring (bicyclic) bond motifs is 1. The van der Waals surface area contributed by atoms with Crippen molar-refractivity contribution < 1.29 is 9.72 Å². The van der Waals surface area contributed by atoms with Crippen molar-refractivity contribution >= 4 is 5.91 Å². The van der Waals surface area contributed by atoms with E-state index in [1.807, 2.05) is 13.0 Å². The number of nitrogens with zero attached hydrogens (tertiary/aromatic N) is 1. The van der Waals surface area contributed by atoms with E-state index in [4.69, 9.17) is 0 Å². The van der Waals surface area contributed by atoms with Gasteiger partial charge in [-0.2, -0.15) is 0 Å². The van der Waals surface area contributed by atoms with Crippen LogP contribution in [-0.2, 0) is 17.6 Å². The number of nitrogens with one attached hydrogen (secondary N) is 1. The lowest BCUT2D eigenvalue weighted by atomic mass is 9.89. The summed E-state index contributed by atoms with van der Waals surface area (Å²) < 4.78 is 0. The maximum absolute atomic E-state index is 11.4. The summed E-state index contributed by atoms with van der Waals surface area (Å²) in [6.45, 7) is 1.18. The average Bonchev–Trinajstić information content (AvgIpc) is 2.37. The van der Waals surface area contributed by atoms with E-state index in [9.17, 15) is 14.9 Å². The van der Waals surface area contributed by atoms with Crippen LogP contribution in [0.4, 0.5) is 0 Å². The zero-order valence-electron chi connectivity index (χ0n) is 11.0. The summed E-state index contributed by atoms with van der Waals surface area (Å²) in [4.78, 5) is 21.0. The van der Waals surface area contributed by atoms with Crippen molar-refractivity contribution in [1.82, 2.24) is 5.32 Å². The summed E-state index contributed by atoms with van der Waals surface area (Å²) in [7, 11) is 0. The second-order valence-corrected chi connectivity index (χ2v) is 5.02. The summed E-state index contributed by atoms with van der Waals surface area (Å²) in [6, 6.07) is 6.03. The van der Waals surface area contributed by atoms with Crippen LogP contribution in [0.3, 0.4) is 0 Å². The smallest absolute Gasteiger partial charge is 0.292 e. The molecule has 0 spiro atoms. The topological polar surface area (TPSA) is 72.2 Å². The Morgan fingerprint density at radius 1 is 1.37 bits per heavy atom. The molecule has 5 heteroatoms. The number of hydrogen-bond donors (Lipinski definition) is 1. The van der Waals surface area contributed by atoms with Crippen molar-refractivity contribution in [2.75, 3.05) is 6.54 Å². The van der Waals surface area contributed by atoms with Crippen LogP contribution in [0.1, 0.15) is 42.5 Å². The Bertz CT molecular complexity index is 499. The van der Waals surface area contributed by atoms with Gasteiger partial charge >= 0.3 is 0 Å². The fraction of sp³-hybridized carbons (Fsp3) is 0.500. The molecule has 1 aromatic rings. The molecule has 1 N–H and O–H groups in total. The third-order valence-corrected chi connectivity index (χ3v) is 3.52. The molecule has 0 saturated carbocycles. The van der Waals surface area contributed by atoms with Gasteiger partial charge in [-0.15, -0.1) is 0 Å². The molecule has 0 radical (unpaired) electrons. The van der Waals surface area contributed by atoms with Crippen molar-refractivity contribution in [3.05, 3.63) is 45.0 Å². The molecule has 0 saturated heterocycles. The summed E-state index contributed by atoms with van der Waals surface area (Å²) in [5.41, 5.74) is 3.75. The zero-order valence-corrected chi connectivity index (χ0v) is 11.0. The highest BCUT2D eigenvalue weighted by molar-refractivity contribution is 5.77. The molecule has 0 bridgehead atoms. The number of amides is 1. The summed E-state index contributed by atoms with van der Waals surface area (Å²) in [5.74, 6) is -0.546. The number of carbonyl (C=O) groups is 1. The van der Waals surface area contributed by atoms with Gasteiger partial charge in [0, 0.05) is 4.92 Å². The molecule has 1 aliphatic carbocycles. The first-order valence-corrected chi connectivity index (χ1v) is 6.59. The van der Waals surface area contributed by atoms with Gasteiger partial charge in [-0.1, -0.05) is 18.2 Å². The number of rotatable bonds is 4. The molecule has 0 aromatic heterocycles. The van der Waals surface area contributed by atoms with Crippen LogP contribution < -0.4 is 5.32 Å². The van der Waals surface area contributed by atoms with Crippen LogP contribution in [0.2, 0.25) is 0 Å². The minimum absolute atomic E-state index is 0.195. The maximum atomic E-state index is 11.4. The highest BCUT2D eigenvalue weighted by Crippen LogP contribution is 2.24. The third kappa shape index (κ3) is 3.53. The molecule has 1 aromatic carbocycles. The van der Waals surface area contributed by atoms with E-state index >= 15 is 0 Å². The summed E-state index contributed by atoms with van der Waals surface area (Å²) >= 11 is 0. The number of carbonyl (C=O) groups excluding carboxylic acids is 1. The Hall–Kier alpha value is -1.91. The van der Waals surface area contributed by atoms with E-state index in [1.54, 1.807) is 0 Å². The van der Waals surface area contributed by atoms with Crippen molar-refractivity contribution in [3.8, 4) is 0 Å². The van der Waals surface area contributed by atoms with E-state index in [2.05, 4.69) is 17.4 Å². The molecule has 1 amide bonds. The minimum atomic E-state index is -0.671. The summed E-state index contributed by atoms with van der Waals surface area (Å²) in [6.07, 6.45) is 4.65. The Labute approximate surface area is 112 Å². The lowest BCUT2D eigenvalue weighted by Crippen LogP contribution is -2.32. The second-order valence-electron chi connectivity index (χ2n) is 5.02. The number of aryl methyl sites for hydroxylation is 2. The predicted octanol–water partition coefficient (Wildman–Crippen LogP) is 2.02. The molecular weight excluding hydrogens is 244 g/mol. The Morgan fingerprint density at radius 3 is 2.74 bits per heavy atom. The fourth-order valence-corrected chi connectivity index (χ4v) is 2.51. The first kappa shape index (κ1) is 13.5. The van der Waals surface area contributed by atoms with Gasteiger partial charge in [-0.25, -0.2) is 0 Å². The number of hydrogen-bond acceptors (Lipinski definition) is 3. The number of nitro groups is 1. The molecule has 1 unspecified atom stereocenters. The first-order chi connectivity index (χ1) is 9.06. The molecular formula is C14H18N2O3. The minimum Gasteiger partial charge on any atom is -0.344 e. The van der Waals surface area contributed by atoms with Crippen LogP contribution in [0, 0.1) is 10.1 Å². The molecule has 1 aliphatic rings. The summed E-state index contributed by atoms with van der Waals surface area (Å²) in [5, 5.41) is 12.9. The van der Waals surface area contributed by atoms with Crippen molar-refractivity contribution in [2.24, 2.45) is 0 Å². The lowest BCUT2D eigenvalue weighted by molar-refractivity contribution is -0.467. The van der Waals surface area contributed by atoms with Gasteiger partial charge in [0.2, 0.25) is 0 Å². The first-order valence-electron chi connectivity index (χ1n) is 6.59. The normalized spacial score (nSPS) is 15.4. The van der Waals surface area contributed by atoms with Crippen LogP contribution in [0.5, 0.6) is 0 Å². The Kier molecular flexibility index (Phi) is 4.14. The van der Waals surface area contributed by atoms with Gasteiger partial charge in [0.1, 0.15) is 0 Å². The fourth-order valence-electron chi connectivity index (χ4n) is 2.51. The van der Waals surface area contributed by atoms with Crippen LogP contribution in [0.25, 0.3) is 0 Å². The predicted molar refractivity (Wildman–Crippen MR) is 71.5 cm³/mol. The monoisotopic (exact) mass is 262 g/mol. The van der Waals surface area contributed by atoms with E-state index in [0.717, 1.165) is 18.4 Å². The quantitative estimate of drug-likeness (QED) is 0.666. The van der Waals surface area contributed by atoms with Gasteiger partial charge in [-0.3, -0.25) is 14.9 Å². The van der Waals surface area contributed by atoms with Crippen molar-refractivity contribution in [2.45, 2.75) is 38.6 Å². The average molecular weight is 262 g/mol. The standard InChI is InChI=1S/C14H18N2O3/c1-10(15-14(17)9-16(18)19)12-7-6-11-4-2-3-5-13(11)8-12/h6-8,10H,2-5,9H2,1H3,(H,15,17). The third-order valence-electron chi connectivity index (χ3n) is 3.52. The molecule has 0 fully saturated rings. The Balaban J connectivity index is 2.04. The molecule has 1 atom stereocenters. The molecule has 0 heterocycles. The van der Waals surface area contributed by atoms with Crippen molar-refractivity contribution in [1.29, 1.82) is 0 Å². The van der Waals surface area contributed by atoms with Gasteiger partial charge in [0.05, 0.1) is 6.04 Å². The van der Waals surface area contributed by atoms with E-state index < -0.39 is 17.4 Å². The van der Waals surface area contributed by atoms with Gasteiger partial charge in [0.25, 0.3) is 12.5 Å². The molecule has 19 heavy (non-hydrogen) atoms. The molecule has 102 valence electrons. The number of benzene rings is 1. The highest BCUT2D eigenvalue weighted by atomic mass is 16.6. The second kappa shape index (κ2) is 5.82. The molecule has 0 aliphatic heterocycles. The van der Waals surface area contributed by atoms with Crippen LogP contribution in [-0.4, -0.2) is 17.4 Å².